The molecule has 4 rings (SSSR count). The van der Waals surface area contributed by atoms with E-state index in [2.05, 4.69) is 4.99 Å². The zero-order valence-corrected chi connectivity index (χ0v) is 16.8. The summed E-state index contributed by atoms with van der Waals surface area (Å²) in [6.07, 6.45) is -0.420. The van der Waals surface area contributed by atoms with Gasteiger partial charge in [-0.3, -0.25) is 9.79 Å². The Morgan fingerprint density at radius 2 is 1.97 bits per heavy atom. The number of sulfone groups is 1. The molecule has 0 fully saturated rings. The van der Waals surface area contributed by atoms with Crippen molar-refractivity contribution in [1.29, 1.82) is 0 Å². The van der Waals surface area contributed by atoms with Crippen molar-refractivity contribution in [3.8, 4) is 0 Å². The molecule has 0 spiro atoms. The smallest absolute Gasteiger partial charge is 0.307 e. The summed E-state index contributed by atoms with van der Waals surface area (Å²) in [5.74, 6) is -2.08. The molecule has 1 aliphatic rings. The van der Waals surface area contributed by atoms with Gasteiger partial charge < -0.3 is 5.11 Å². The van der Waals surface area contributed by atoms with Crippen LogP contribution in [0, 0.1) is 5.82 Å². The molecule has 29 heavy (non-hydrogen) atoms. The van der Waals surface area contributed by atoms with Gasteiger partial charge in [0.15, 0.2) is 0 Å². The fourth-order valence-corrected chi connectivity index (χ4v) is 5.47. The molecular weight excluding hydrogens is 417 g/mol. The number of nitrogens with zero attached hydrogens (tertiary/aromatic N) is 1. The Labute approximate surface area is 170 Å². The average Bonchev–Trinajstić information content (AvgIpc) is 2.96. The van der Waals surface area contributed by atoms with Gasteiger partial charge in [0.25, 0.3) is 0 Å². The number of aliphatic carboxylic acids is 1. The minimum Gasteiger partial charge on any atom is -0.481 e. The summed E-state index contributed by atoms with van der Waals surface area (Å²) in [5, 5.41) is 11.3. The number of carboxylic acids is 1. The van der Waals surface area contributed by atoms with E-state index >= 15 is 0 Å². The number of rotatable bonds is 4. The molecule has 0 aromatic heterocycles. The minimum atomic E-state index is -4.28. The van der Waals surface area contributed by atoms with Gasteiger partial charge in [-0.1, -0.05) is 29.8 Å². The molecule has 5 nitrogen and oxygen atoms in total. The van der Waals surface area contributed by atoms with E-state index in [4.69, 9.17) is 11.6 Å². The third kappa shape index (κ3) is 3.20. The van der Waals surface area contributed by atoms with Crippen LogP contribution in [0.5, 0.6) is 0 Å². The van der Waals surface area contributed by atoms with Crippen LogP contribution in [0.2, 0.25) is 5.02 Å². The lowest BCUT2D eigenvalue weighted by Gasteiger charge is -2.10. The standard InChI is InChI=1S/C21H15ClFNO4S/c1-11-15(10-19(25)26)20-18(24-11)8-7-17(23)21(20)29(27,28)13-5-6-14-12(9-13)3-2-4-16(14)22/h2-9,11H,10H2,1H3,(H,25,26). The topological polar surface area (TPSA) is 83.8 Å². The quantitative estimate of drug-likeness (QED) is 0.688. The van der Waals surface area contributed by atoms with Crippen LogP contribution in [0.25, 0.3) is 16.3 Å². The summed E-state index contributed by atoms with van der Waals surface area (Å²) in [4.78, 5) is 15.0. The van der Waals surface area contributed by atoms with E-state index in [-0.39, 0.29) is 21.0 Å². The molecular formula is C21H15ClFNO4S. The van der Waals surface area contributed by atoms with Gasteiger partial charge in [-0.25, -0.2) is 12.8 Å². The second kappa shape index (κ2) is 6.93. The summed E-state index contributed by atoms with van der Waals surface area (Å²) in [6.45, 7) is 1.66. The molecule has 1 heterocycles. The zero-order valence-electron chi connectivity index (χ0n) is 15.2. The molecule has 1 N–H and O–H groups in total. The van der Waals surface area contributed by atoms with Gasteiger partial charge in [0.2, 0.25) is 9.84 Å². The first-order valence-corrected chi connectivity index (χ1v) is 10.6. The van der Waals surface area contributed by atoms with E-state index in [1.165, 1.54) is 18.2 Å². The minimum absolute atomic E-state index is 0.0473. The maximum absolute atomic E-state index is 14.8. The zero-order chi connectivity index (χ0) is 20.9. The number of hydrogen-bond acceptors (Lipinski definition) is 4. The average molecular weight is 432 g/mol. The van der Waals surface area contributed by atoms with Crippen LogP contribution in [-0.4, -0.2) is 25.5 Å². The number of carboxylic acid groups (broad SMARTS) is 1. The number of benzene rings is 3. The van der Waals surface area contributed by atoms with Crippen molar-refractivity contribution in [2.75, 3.05) is 0 Å². The fourth-order valence-electron chi connectivity index (χ4n) is 3.63. The van der Waals surface area contributed by atoms with Crippen LogP contribution >= 0.6 is 11.6 Å². The van der Waals surface area contributed by atoms with Crippen LogP contribution in [0.3, 0.4) is 0 Å². The van der Waals surface area contributed by atoms with Gasteiger partial charge >= 0.3 is 5.97 Å². The van der Waals surface area contributed by atoms with Crippen LogP contribution in [0.1, 0.15) is 13.3 Å². The van der Waals surface area contributed by atoms with Crippen molar-refractivity contribution in [2.24, 2.45) is 4.99 Å². The number of carbonyl (C=O) groups is 1. The molecule has 0 saturated heterocycles. The normalized spacial score (nSPS) is 16.0. The predicted molar refractivity (Wildman–Crippen MR) is 107 cm³/mol. The Bertz CT molecular complexity index is 1420. The molecule has 148 valence electrons. The van der Waals surface area contributed by atoms with E-state index in [1.54, 1.807) is 31.2 Å². The van der Waals surface area contributed by atoms with Crippen molar-refractivity contribution in [2.45, 2.75) is 29.2 Å². The van der Waals surface area contributed by atoms with E-state index in [9.17, 15) is 22.7 Å². The molecule has 3 aromatic carbocycles. The third-order valence-electron chi connectivity index (χ3n) is 4.97. The summed E-state index contributed by atoms with van der Waals surface area (Å²) < 4.78 is 41.7. The van der Waals surface area contributed by atoms with Crippen molar-refractivity contribution in [3.63, 3.8) is 0 Å². The molecule has 1 unspecified atom stereocenters. The molecule has 0 radical (unpaired) electrons. The highest BCUT2D eigenvalue weighted by Crippen LogP contribution is 2.29. The van der Waals surface area contributed by atoms with E-state index in [1.807, 2.05) is 0 Å². The Balaban J connectivity index is 2.04. The molecule has 8 heteroatoms. The van der Waals surface area contributed by atoms with Gasteiger partial charge in [0, 0.05) is 15.6 Å². The molecule has 0 amide bonds. The van der Waals surface area contributed by atoms with Gasteiger partial charge in [-0.15, -0.1) is 0 Å². The summed E-state index contributed by atoms with van der Waals surface area (Å²) in [7, 11) is -4.28. The second-order valence-electron chi connectivity index (χ2n) is 6.80. The molecule has 0 aliphatic carbocycles. The van der Waals surface area contributed by atoms with Gasteiger partial charge in [0.05, 0.1) is 22.7 Å². The summed E-state index contributed by atoms with van der Waals surface area (Å²) >= 11 is 6.15. The first-order chi connectivity index (χ1) is 13.7. The Kier molecular flexibility index (Phi) is 4.67. The number of halogens is 2. The van der Waals surface area contributed by atoms with E-state index < -0.39 is 39.0 Å². The third-order valence-corrected chi connectivity index (χ3v) is 7.11. The number of hydrogen-bond donors (Lipinski definition) is 1. The van der Waals surface area contributed by atoms with Crippen molar-refractivity contribution >= 4 is 43.8 Å². The molecule has 1 aliphatic heterocycles. The second-order valence-corrected chi connectivity index (χ2v) is 9.09. The van der Waals surface area contributed by atoms with E-state index in [0.29, 0.717) is 15.8 Å². The van der Waals surface area contributed by atoms with Crippen molar-refractivity contribution in [3.05, 3.63) is 69.9 Å². The lowest BCUT2D eigenvalue weighted by molar-refractivity contribution is -0.135. The molecule has 0 saturated carbocycles. The van der Waals surface area contributed by atoms with Gasteiger partial charge in [0.1, 0.15) is 10.7 Å². The Morgan fingerprint density at radius 3 is 2.69 bits per heavy atom. The lowest BCUT2D eigenvalue weighted by atomic mass is 10.0. The first-order valence-electron chi connectivity index (χ1n) is 8.74. The van der Waals surface area contributed by atoms with Crippen LogP contribution < -0.4 is 10.6 Å². The van der Waals surface area contributed by atoms with Gasteiger partial charge in [-0.05, 0) is 48.2 Å². The molecule has 1 atom stereocenters. The maximum Gasteiger partial charge on any atom is 0.307 e. The summed E-state index contributed by atoms with van der Waals surface area (Å²) in [5.41, 5.74) is 0.273. The van der Waals surface area contributed by atoms with Crippen LogP contribution in [0.4, 0.5) is 4.39 Å². The maximum atomic E-state index is 14.8. The monoisotopic (exact) mass is 431 g/mol. The highest BCUT2D eigenvalue weighted by Gasteiger charge is 2.29. The Morgan fingerprint density at radius 1 is 1.21 bits per heavy atom. The predicted octanol–water partition coefficient (Wildman–Crippen LogP) is 3.11. The van der Waals surface area contributed by atoms with E-state index in [0.717, 1.165) is 6.07 Å². The SMILES string of the molecule is CC1N=c2ccc(F)c(S(=O)(=O)c3ccc4c(Cl)cccc4c3)c2=C1CC(=O)O. The highest BCUT2D eigenvalue weighted by atomic mass is 35.5. The summed E-state index contributed by atoms with van der Waals surface area (Å²) in [6, 6.07) is 11.3. The first kappa shape index (κ1) is 19.5. The van der Waals surface area contributed by atoms with Gasteiger partial charge in [-0.2, -0.15) is 0 Å². The highest BCUT2D eigenvalue weighted by molar-refractivity contribution is 7.91. The Hall–Kier alpha value is -2.77. The molecule has 3 aromatic rings. The largest absolute Gasteiger partial charge is 0.481 e. The van der Waals surface area contributed by atoms with Crippen molar-refractivity contribution < 1.29 is 22.7 Å². The lowest BCUT2D eigenvalue weighted by Crippen LogP contribution is -2.32. The fraction of sp³-hybridized carbons (Fsp3) is 0.143. The van der Waals surface area contributed by atoms with Crippen LogP contribution in [-0.2, 0) is 14.6 Å². The number of fused-ring (bicyclic) bond motifs is 2. The molecule has 0 bridgehead atoms. The van der Waals surface area contributed by atoms with Crippen LogP contribution in [0.15, 0.2) is 63.3 Å². The van der Waals surface area contributed by atoms with Crippen molar-refractivity contribution in [1.82, 2.24) is 0 Å².